The molecule has 0 aromatic rings. The third kappa shape index (κ3) is 2.14. The van der Waals surface area contributed by atoms with Crippen molar-refractivity contribution in [3.8, 4) is 0 Å². The smallest absolute Gasteiger partial charge is 0.0235 e. The van der Waals surface area contributed by atoms with Crippen LogP contribution in [0.15, 0.2) is 0 Å². The average molecular weight is 162 g/mol. The number of halogens is 1. The summed E-state index contributed by atoms with van der Waals surface area (Å²) < 4.78 is 0. The fraction of sp³-hybridized carbons (Fsp3) is 1.00. The van der Waals surface area contributed by atoms with Gasteiger partial charge in [-0.2, -0.15) is 0 Å². The van der Waals surface area contributed by atoms with Gasteiger partial charge in [-0.3, -0.25) is 0 Å². The van der Waals surface area contributed by atoms with Gasteiger partial charge in [0.15, 0.2) is 0 Å². The van der Waals surface area contributed by atoms with Crippen molar-refractivity contribution in [1.29, 1.82) is 0 Å². The van der Waals surface area contributed by atoms with Crippen LogP contribution in [0.5, 0.6) is 0 Å². The molecule has 0 bridgehead atoms. The number of hydrogen-bond donors (Lipinski definition) is 0. The summed E-state index contributed by atoms with van der Waals surface area (Å²) >= 11 is 5.60. The Morgan fingerprint density at radius 3 is 2.90 bits per heavy atom. The first-order valence-corrected chi connectivity index (χ1v) is 4.68. The van der Waals surface area contributed by atoms with E-state index in [2.05, 4.69) is 11.8 Å². The molecule has 1 aliphatic heterocycles. The largest absolute Gasteiger partial charge is 0.301 e. The van der Waals surface area contributed by atoms with E-state index in [9.17, 15) is 0 Å². The average Bonchev–Trinajstić information content (AvgIpc) is 2.31. The molecule has 1 heterocycles. The second kappa shape index (κ2) is 4.20. The molecular weight excluding hydrogens is 146 g/mol. The summed E-state index contributed by atoms with van der Waals surface area (Å²) in [6, 6.07) is 0.809. The van der Waals surface area contributed by atoms with E-state index >= 15 is 0 Å². The lowest BCUT2D eigenvalue weighted by atomic mass is 10.2. The first-order chi connectivity index (χ1) is 4.84. The maximum absolute atomic E-state index is 5.60. The van der Waals surface area contributed by atoms with Gasteiger partial charge in [-0.15, -0.1) is 11.6 Å². The van der Waals surface area contributed by atoms with Crippen molar-refractivity contribution in [3.05, 3.63) is 0 Å². The summed E-state index contributed by atoms with van der Waals surface area (Å²) in [6.45, 7) is 4.80. The minimum Gasteiger partial charge on any atom is -0.301 e. The third-order valence-electron chi connectivity index (χ3n) is 2.27. The standard InChI is InChI=1S/C8H16ClN/c1-8-4-2-6-10(8)7-3-5-9/h8H,2-7H2,1H3/t8-/m0/s1. The second-order valence-corrected chi connectivity index (χ2v) is 3.45. The van der Waals surface area contributed by atoms with E-state index in [4.69, 9.17) is 11.6 Å². The molecule has 1 nitrogen and oxygen atoms in total. The Balaban J connectivity index is 2.14. The highest BCUT2D eigenvalue weighted by Crippen LogP contribution is 2.15. The van der Waals surface area contributed by atoms with Gasteiger partial charge in [0.05, 0.1) is 0 Å². The van der Waals surface area contributed by atoms with Gasteiger partial charge >= 0.3 is 0 Å². The predicted molar refractivity (Wildman–Crippen MR) is 45.6 cm³/mol. The lowest BCUT2D eigenvalue weighted by Gasteiger charge is -2.19. The summed E-state index contributed by atoms with van der Waals surface area (Å²) in [5.41, 5.74) is 0. The fourth-order valence-electron chi connectivity index (χ4n) is 1.59. The fourth-order valence-corrected chi connectivity index (χ4v) is 1.71. The van der Waals surface area contributed by atoms with Gasteiger partial charge in [0.2, 0.25) is 0 Å². The normalized spacial score (nSPS) is 27.6. The Kier molecular flexibility index (Phi) is 3.50. The van der Waals surface area contributed by atoms with Crippen LogP contribution in [0, 0.1) is 0 Å². The molecule has 0 aliphatic carbocycles. The molecule has 0 spiro atoms. The van der Waals surface area contributed by atoms with Crippen LogP contribution in [0.25, 0.3) is 0 Å². The van der Waals surface area contributed by atoms with E-state index < -0.39 is 0 Å². The molecule has 0 saturated carbocycles. The molecule has 0 aromatic heterocycles. The molecule has 1 rings (SSSR count). The molecule has 0 N–H and O–H groups in total. The minimum atomic E-state index is 0.809. The third-order valence-corrected chi connectivity index (χ3v) is 2.54. The van der Waals surface area contributed by atoms with E-state index in [0.29, 0.717) is 0 Å². The summed E-state index contributed by atoms with van der Waals surface area (Å²) in [6.07, 6.45) is 3.90. The molecule has 0 aromatic carbocycles. The first kappa shape index (κ1) is 8.35. The second-order valence-electron chi connectivity index (χ2n) is 3.07. The van der Waals surface area contributed by atoms with Gasteiger partial charge in [0, 0.05) is 11.9 Å². The molecule has 1 saturated heterocycles. The quantitative estimate of drug-likeness (QED) is 0.574. The summed E-state index contributed by atoms with van der Waals surface area (Å²) in [4.78, 5) is 2.53. The summed E-state index contributed by atoms with van der Waals surface area (Å²) in [5.74, 6) is 0.809. The molecule has 2 heteroatoms. The number of hydrogen-bond acceptors (Lipinski definition) is 1. The van der Waals surface area contributed by atoms with Crippen molar-refractivity contribution in [2.24, 2.45) is 0 Å². The number of rotatable bonds is 3. The van der Waals surface area contributed by atoms with Gasteiger partial charge in [-0.25, -0.2) is 0 Å². The van der Waals surface area contributed by atoms with Gasteiger partial charge in [0.25, 0.3) is 0 Å². The molecule has 0 radical (unpaired) electrons. The van der Waals surface area contributed by atoms with E-state index in [1.165, 1.54) is 25.9 Å². The Labute approximate surface area is 68.4 Å². The Morgan fingerprint density at radius 1 is 1.60 bits per heavy atom. The number of nitrogens with zero attached hydrogens (tertiary/aromatic N) is 1. The van der Waals surface area contributed by atoms with Gasteiger partial charge in [0.1, 0.15) is 0 Å². The van der Waals surface area contributed by atoms with Crippen LogP contribution < -0.4 is 0 Å². The molecule has 0 amide bonds. The number of likely N-dealkylation sites (tertiary alicyclic amines) is 1. The monoisotopic (exact) mass is 161 g/mol. The Morgan fingerprint density at radius 2 is 2.40 bits per heavy atom. The summed E-state index contributed by atoms with van der Waals surface area (Å²) in [5, 5.41) is 0. The highest BCUT2D eigenvalue weighted by molar-refractivity contribution is 6.17. The van der Waals surface area contributed by atoms with Crippen LogP contribution in [-0.4, -0.2) is 29.9 Å². The maximum atomic E-state index is 5.60. The van der Waals surface area contributed by atoms with Crippen molar-refractivity contribution in [2.75, 3.05) is 19.0 Å². The van der Waals surface area contributed by atoms with Gasteiger partial charge in [-0.05, 0) is 39.3 Å². The van der Waals surface area contributed by atoms with Crippen LogP contribution in [0.1, 0.15) is 26.2 Å². The summed E-state index contributed by atoms with van der Waals surface area (Å²) in [7, 11) is 0. The maximum Gasteiger partial charge on any atom is 0.0235 e. The van der Waals surface area contributed by atoms with E-state index in [1.54, 1.807) is 0 Å². The van der Waals surface area contributed by atoms with Crippen molar-refractivity contribution in [3.63, 3.8) is 0 Å². The Hall–Kier alpha value is 0.250. The molecule has 1 atom stereocenters. The van der Waals surface area contributed by atoms with Crippen molar-refractivity contribution < 1.29 is 0 Å². The first-order valence-electron chi connectivity index (χ1n) is 4.14. The highest BCUT2D eigenvalue weighted by atomic mass is 35.5. The molecule has 10 heavy (non-hydrogen) atoms. The zero-order valence-corrected chi connectivity index (χ0v) is 7.40. The van der Waals surface area contributed by atoms with Crippen molar-refractivity contribution in [1.82, 2.24) is 4.90 Å². The molecule has 1 fully saturated rings. The zero-order valence-electron chi connectivity index (χ0n) is 6.65. The van der Waals surface area contributed by atoms with Gasteiger partial charge in [-0.1, -0.05) is 0 Å². The number of alkyl halides is 1. The topological polar surface area (TPSA) is 3.24 Å². The van der Waals surface area contributed by atoms with E-state index in [-0.39, 0.29) is 0 Å². The van der Waals surface area contributed by atoms with E-state index in [1.807, 2.05) is 0 Å². The highest BCUT2D eigenvalue weighted by Gasteiger charge is 2.18. The van der Waals surface area contributed by atoms with Crippen LogP contribution in [0.2, 0.25) is 0 Å². The lowest BCUT2D eigenvalue weighted by molar-refractivity contribution is 0.270. The van der Waals surface area contributed by atoms with Crippen LogP contribution in [-0.2, 0) is 0 Å². The van der Waals surface area contributed by atoms with Crippen LogP contribution in [0.4, 0.5) is 0 Å². The molecule has 0 unspecified atom stereocenters. The van der Waals surface area contributed by atoms with E-state index in [0.717, 1.165) is 18.3 Å². The van der Waals surface area contributed by atoms with Crippen LogP contribution in [0.3, 0.4) is 0 Å². The Bertz CT molecular complexity index is 95.3. The minimum absolute atomic E-state index is 0.809. The van der Waals surface area contributed by atoms with Crippen LogP contribution >= 0.6 is 11.6 Å². The predicted octanol–water partition coefficient (Wildman–Crippen LogP) is 2.10. The van der Waals surface area contributed by atoms with Crippen molar-refractivity contribution >= 4 is 11.6 Å². The van der Waals surface area contributed by atoms with Crippen molar-refractivity contribution in [2.45, 2.75) is 32.2 Å². The molecular formula is C8H16ClN. The van der Waals surface area contributed by atoms with Gasteiger partial charge < -0.3 is 4.90 Å². The zero-order chi connectivity index (χ0) is 7.40. The lowest BCUT2D eigenvalue weighted by Crippen LogP contribution is -2.27. The molecule has 1 aliphatic rings. The molecule has 60 valence electrons. The SMILES string of the molecule is C[C@H]1CCCN1CCCCl.